The molecule has 0 saturated heterocycles. The highest BCUT2D eigenvalue weighted by molar-refractivity contribution is 5.78. The Morgan fingerprint density at radius 1 is 1.73 bits per heavy atom. The zero-order valence-corrected chi connectivity index (χ0v) is 9.01. The lowest BCUT2D eigenvalue weighted by Gasteiger charge is -2.15. The third kappa shape index (κ3) is 2.49. The Balaban J connectivity index is 1.79. The van der Waals surface area contributed by atoms with Gasteiger partial charge in [-0.2, -0.15) is 5.10 Å². The van der Waals surface area contributed by atoms with Crippen LogP contribution in [0.1, 0.15) is 12.8 Å². The molecule has 5 heteroatoms. The smallest absolute Gasteiger partial charge is 0.260 e. The van der Waals surface area contributed by atoms with Crippen LogP contribution < -0.4 is 4.74 Å². The lowest BCUT2D eigenvalue weighted by atomic mass is 10.5. The minimum atomic E-state index is 0.0290. The van der Waals surface area contributed by atoms with E-state index in [1.165, 1.54) is 0 Å². The number of amides is 1. The molecule has 5 nitrogen and oxygen atoms in total. The third-order valence-corrected chi connectivity index (χ3v) is 2.53. The van der Waals surface area contributed by atoms with Crippen LogP contribution in [0, 0.1) is 0 Å². The Hall–Kier alpha value is -1.52. The largest absolute Gasteiger partial charge is 0.480 e. The molecule has 0 unspecified atom stereocenters. The Labute approximate surface area is 88.6 Å². The highest BCUT2D eigenvalue weighted by Gasteiger charge is 2.29. The highest BCUT2D eigenvalue weighted by Crippen LogP contribution is 2.25. The first kappa shape index (κ1) is 10.0. The molecule has 0 aliphatic heterocycles. The standard InChI is InChI=1S/C10H15N3O2/c1-12-6-9(5-11-12)15-7-10(14)13(2)8-3-4-8/h5-6,8H,3-4,7H2,1-2H3. The average molecular weight is 209 g/mol. The summed E-state index contributed by atoms with van der Waals surface area (Å²) < 4.78 is 6.96. The van der Waals surface area contributed by atoms with E-state index in [0.717, 1.165) is 12.8 Å². The molecule has 1 fully saturated rings. The normalized spacial score (nSPS) is 15.1. The third-order valence-electron chi connectivity index (χ3n) is 2.53. The molecule has 1 saturated carbocycles. The van der Waals surface area contributed by atoms with Gasteiger partial charge in [-0.25, -0.2) is 0 Å². The maximum absolute atomic E-state index is 11.6. The van der Waals surface area contributed by atoms with Gasteiger partial charge in [0, 0.05) is 20.1 Å². The second-order valence-corrected chi connectivity index (χ2v) is 3.87. The molecule has 1 aromatic heterocycles. The molecule has 0 N–H and O–H groups in total. The van der Waals surface area contributed by atoms with Gasteiger partial charge >= 0.3 is 0 Å². The minimum Gasteiger partial charge on any atom is -0.480 e. The summed E-state index contributed by atoms with van der Waals surface area (Å²) in [5.41, 5.74) is 0. The number of carbonyl (C=O) groups is 1. The van der Waals surface area contributed by atoms with Crippen molar-refractivity contribution in [3.63, 3.8) is 0 Å². The van der Waals surface area contributed by atoms with Gasteiger partial charge in [0.1, 0.15) is 0 Å². The van der Waals surface area contributed by atoms with Gasteiger partial charge in [-0.3, -0.25) is 9.48 Å². The zero-order chi connectivity index (χ0) is 10.8. The second kappa shape index (κ2) is 3.92. The predicted octanol–water partition coefficient (Wildman–Crippen LogP) is 0.420. The van der Waals surface area contributed by atoms with Gasteiger partial charge < -0.3 is 9.64 Å². The molecule has 1 aliphatic rings. The van der Waals surface area contributed by atoms with E-state index in [1.54, 1.807) is 22.0 Å². The van der Waals surface area contributed by atoms with Crippen molar-refractivity contribution in [2.75, 3.05) is 13.7 Å². The van der Waals surface area contributed by atoms with E-state index < -0.39 is 0 Å². The molecule has 1 aliphatic carbocycles. The minimum absolute atomic E-state index is 0.0290. The fraction of sp³-hybridized carbons (Fsp3) is 0.600. The summed E-state index contributed by atoms with van der Waals surface area (Å²) >= 11 is 0. The van der Waals surface area contributed by atoms with Gasteiger partial charge in [-0.1, -0.05) is 0 Å². The van der Waals surface area contributed by atoms with Crippen molar-refractivity contribution in [1.29, 1.82) is 0 Å². The van der Waals surface area contributed by atoms with Gasteiger partial charge in [-0.15, -0.1) is 0 Å². The van der Waals surface area contributed by atoms with E-state index in [1.807, 2.05) is 14.1 Å². The summed E-state index contributed by atoms with van der Waals surface area (Å²) in [5.74, 6) is 0.663. The number of carbonyl (C=O) groups excluding carboxylic acids is 1. The van der Waals surface area contributed by atoms with Crippen molar-refractivity contribution in [2.45, 2.75) is 18.9 Å². The lowest BCUT2D eigenvalue weighted by molar-refractivity contribution is -0.132. The molecule has 0 bridgehead atoms. The van der Waals surface area contributed by atoms with Gasteiger partial charge in [0.2, 0.25) is 0 Å². The van der Waals surface area contributed by atoms with Crippen LogP contribution in [0.25, 0.3) is 0 Å². The maximum atomic E-state index is 11.6. The van der Waals surface area contributed by atoms with Crippen LogP contribution in [0.2, 0.25) is 0 Å². The number of nitrogens with zero attached hydrogens (tertiary/aromatic N) is 3. The van der Waals surface area contributed by atoms with Gasteiger partial charge in [-0.05, 0) is 12.8 Å². The molecular formula is C10H15N3O2. The number of hydrogen-bond acceptors (Lipinski definition) is 3. The molecule has 0 spiro atoms. The molecule has 0 radical (unpaired) electrons. The Morgan fingerprint density at radius 2 is 2.47 bits per heavy atom. The number of ether oxygens (including phenoxy) is 1. The molecule has 82 valence electrons. The van der Waals surface area contributed by atoms with E-state index in [-0.39, 0.29) is 12.5 Å². The lowest BCUT2D eigenvalue weighted by Crippen LogP contribution is -2.33. The SMILES string of the molecule is CN(C(=O)COc1cnn(C)c1)C1CC1. The number of likely N-dealkylation sites (N-methyl/N-ethyl adjacent to an activating group) is 1. The molecule has 0 atom stereocenters. The van der Waals surface area contributed by atoms with Crippen molar-refractivity contribution in [2.24, 2.45) is 7.05 Å². The number of rotatable bonds is 4. The van der Waals surface area contributed by atoms with E-state index in [0.29, 0.717) is 11.8 Å². The molecule has 2 rings (SSSR count). The van der Waals surface area contributed by atoms with Crippen LogP contribution in [0.15, 0.2) is 12.4 Å². The van der Waals surface area contributed by atoms with E-state index >= 15 is 0 Å². The number of hydrogen-bond donors (Lipinski definition) is 0. The second-order valence-electron chi connectivity index (χ2n) is 3.87. The van der Waals surface area contributed by atoms with Crippen LogP contribution in [-0.4, -0.2) is 40.3 Å². The van der Waals surface area contributed by atoms with Crippen molar-refractivity contribution in [3.05, 3.63) is 12.4 Å². The Bertz CT molecular complexity index is 357. The van der Waals surface area contributed by atoms with Gasteiger partial charge in [0.15, 0.2) is 12.4 Å². The van der Waals surface area contributed by atoms with Crippen molar-refractivity contribution in [1.82, 2.24) is 14.7 Å². The van der Waals surface area contributed by atoms with Crippen molar-refractivity contribution >= 4 is 5.91 Å². The first-order chi connectivity index (χ1) is 7.16. The number of aromatic nitrogens is 2. The van der Waals surface area contributed by atoms with E-state index in [4.69, 9.17) is 4.74 Å². The number of aryl methyl sites for hydroxylation is 1. The molecule has 1 aromatic rings. The maximum Gasteiger partial charge on any atom is 0.260 e. The highest BCUT2D eigenvalue weighted by atomic mass is 16.5. The summed E-state index contributed by atoms with van der Waals surface area (Å²) in [4.78, 5) is 13.3. The van der Waals surface area contributed by atoms with Crippen LogP contribution in [0.5, 0.6) is 5.75 Å². The summed E-state index contributed by atoms with van der Waals surface area (Å²) in [6, 6.07) is 0.440. The van der Waals surface area contributed by atoms with Crippen LogP contribution in [-0.2, 0) is 11.8 Å². The zero-order valence-electron chi connectivity index (χ0n) is 9.01. The van der Waals surface area contributed by atoms with Gasteiger partial charge in [0.05, 0.1) is 12.4 Å². The summed E-state index contributed by atoms with van der Waals surface area (Å²) in [5, 5.41) is 3.95. The molecule has 1 amide bonds. The average Bonchev–Trinajstić information content (AvgIpc) is 2.98. The van der Waals surface area contributed by atoms with E-state index in [2.05, 4.69) is 5.10 Å². The van der Waals surface area contributed by atoms with Gasteiger partial charge in [0.25, 0.3) is 5.91 Å². The quantitative estimate of drug-likeness (QED) is 0.722. The Kier molecular flexibility index (Phi) is 2.62. The van der Waals surface area contributed by atoms with Crippen molar-refractivity contribution in [3.8, 4) is 5.75 Å². The fourth-order valence-corrected chi connectivity index (χ4v) is 1.39. The van der Waals surface area contributed by atoms with Crippen LogP contribution >= 0.6 is 0 Å². The van der Waals surface area contributed by atoms with Crippen molar-refractivity contribution < 1.29 is 9.53 Å². The fourth-order valence-electron chi connectivity index (χ4n) is 1.39. The summed E-state index contributed by atoms with van der Waals surface area (Å²) in [6.07, 6.45) is 5.58. The molecule has 0 aromatic carbocycles. The summed E-state index contributed by atoms with van der Waals surface area (Å²) in [7, 11) is 3.64. The Morgan fingerprint density at radius 3 is 3.00 bits per heavy atom. The first-order valence-electron chi connectivity index (χ1n) is 5.04. The summed E-state index contributed by atoms with van der Waals surface area (Å²) in [6.45, 7) is 0.0959. The van der Waals surface area contributed by atoms with Crippen LogP contribution in [0.4, 0.5) is 0 Å². The molecule has 15 heavy (non-hydrogen) atoms. The monoisotopic (exact) mass is 209 g/mol. The molecule has 1 heterocycles. The molecular weight excluding hydrogens is 194 g/mol. The van der Waals surface area contributed by atoms with E-state index in [9.17, 15) is 4.79 Å². The van der Waals surface area contributed by atoms with Crippen LogP contribution in [0.3, 0.4) is 0 Å². The first-order valence-corrected chi connectivity index (χ1v) is 5.04. The topological polar surface area (TPSA) is 47.4 Å². The predicted molar refractivity (Wildman–Crippen MR) is 54.5 cm³/mol.